The van der Waals surface area contributed by atoms with E-state index in [0.29, 0.717) is 0 Å². The number of aryl methyl sites for hydroxylation is 1. The Morgan fingerprint density at radius 1 is 1.36 bits per heavy atom. The van der Waals surface area contributed by atoms with Crippen LogP contribution in [0.3, 0.4) is 0 Å². The van der Waals surface area contributed by atoms with E-state index in [2.05, 4.69) is 14.7 Å². The fraction of sp³-hybridized carbons (Fsp3) is 0.176. The Kier molecular flexibility index (Phi) is 4.15. The van der Waals surface area contributed by atoms with Crippen molar-refractivity contribution in [3.63, 3.8) is 0 Å². The first kappa shape index (κ1) is 16.5. The molecule has 126 valence electrons. The minimum atomic E-state index is -0.638. The van der Waals surface area contributed by atoms with Crippen molar-refractivity contribution in [3.05, 3.63) is 64.4 Å². The van der Waals surface area contributed by atoms with Crippen LogP contribution in [-0.2, 0) is 11.2 Å². The topological polar surface area (TPSA) is 80.3 Å². The molecule has 0 aliphatic rings. The van der Waals surface area contributed by atoms with Gasteiger partial charge in [-0.1, -0.05) is 0 Å². The number of rotatable bonds is 3. The van der Waals surface area contributed by atoms with Gasteiger partial charge in [0.25, 0.3) is 0 Å². The van der Waals surface area contributed by atoms with E-state index in [-0.39, 0.29) is 40.3 Å². The van der Waals surface area contributed by atoms with Crippen molar-refractivity contribution in [3.8, 4) is 6.07 Å². The lowest BCUT2D eigenvalue weighted by Crippen LogP contribution is -2.08. The molecule has 0 saturated heterocycles. The molecule has 0 N–H and O–H groups in total. The maximum Gasteiger partial charge on any atom is 0.356 e. The number of carbonyl (C=O) groups excluding carboxylic acids is 1. The first-order chi connectivity index (χ1) is 11.9. The van der Waals surface area contributed by atoms with Gasteiger partial charge >= 0.3 is 5.97 Å². The van der Waals surface area contributed by atoms with E-state index < -0.39 is 17.6 Å². The standard InChI is InChI=1S/C17H12F2N4O2/c1-9-3-13(19)10(4-12(9)18)5-14-16-21-7-15(17(24)25-2)23(16)8-11(6-20)22-14/h3-4,7-8H,5H2,1-2H3. The van der Waals surface area contributed by atoms with Crippen LogP contribution >= 0.6 is 0 Å². The van der Waals surface area contributed by atoms with Crippen LogP contribution in [0.1, 0.15) is 33.0 Å². The Hall–Kier alpha value is -3.34. The molecule has 0 atom stereocenters. The van der Waals surface area contributed by atoms with Crippen molar-refractivity contribution in [2.75, 3.05) is 7.11 Å². The summed E-state index contributed by atoms with van der Waals surface area (Å²) in [5.41, 5.74) is 0.900. The number of fused-ring (bicyclic) bond motifs is 1. The summed E-state index contributed by atoms with van der Waals surface area (Å²) in [6.45, 7) is 1.46. The number of esters is 1. The molecule has 1 aromatic carbocycles. The third kappa shape index (κ3) is 2.92. The van der Waals surface area contributed by atoms with Crippen LogP contribution in [-0.4, -0.2) is 27.4 Å². The average molecular weight is 342 g/mol. The number of hydrogen-bond acceptors (Lipinski definition) is 5. The van der Waals surface area contributed by atoms with Crippen molar-refractivity contribution in [1.82, 2.24) is 14.4 Å². The minimum Gasteiger partial charge on any atom is -0.464 e. The molecule has 0 saturated carbocycles. The number of benzene rings is 1. The number of halogens is 2. The molecular weight excluding hydrogens is 330 g/mol. The normalized spacial score (nSPS) is 10.7. The van der Waals surface area contributed by atoms with Crippen LogP contribution in [0, 0.1) is 29.9 Å². The van der Waals surface area contributed by atoms with Gasteiger partial charge in [-0.15, -0.1) is 0 Å². The minimum absolute atomic E-state index is 0.0126. The Labute approximate surface area is 141 Å². The van der Waals surface area contributed by atoms with E-state index >= 15 is 0 Å². The van der Waals surface area contributed by atoms with Crippen molar-refractivity contribution in [2.24, 2.45) is 0 Å². The lowest BCUT2D eigenvalue weighted by Gasteiger charge is -2.08. The van der Waals surface area contributed by atoms with Gasteiger partial charge in [-0.3, -0.25) is 4.40 Å². The predicted octanol–water partition coefficient (Wildman–Crippen LogP) is 2.57. The van der Waals surface area contributed by atoms with Crippen molar-refractivity contribution >= 4 is 11.6 Å². The zero-order chi connectivity index (χ0) is 18.1. The quantitative estimate of drug-likeness (QED) is 0.684. The molecule has 3 aromatic rings. The highest BCUT2D eigenvalue weighted by molar-refractivity contribution is 5.88. The molecule has 0 radical (unpaired) electrons. The second-order valence-corrected chi connectivity index (χ2v) is 5.38. The van der Waals surface area contributed by atoms with Gasteiger partial charge in [-0.05, 0) is 30.2 Å². The SMILES string of the molecule is COC(=O)c1cnc2c(Cc3cc(F)c(C)cc3F)nc(C#N)cn12. The van der Waals surface area contributed by atoms with Gasteiger partial charge < -0.3 is 4.74 Å². The fourth-order valence-electron chi connectivity index (χ4n) is 2.48. The van der Waals surface area contributed by atoms with E-state index in [0.717, 1.165) is 12.1 Å². The number of nitrogens with zero attached hydrogens (tertiary/aromatic N) is 4. The van der Waals surface area contributed by atoms with E-state index in [1.165, 1.54) is 30.8 Å². The molecule has 6 nitrogen and oxygen atoms in total. The first-order valence-corrected chi connectivity index (χ1v) is 7.24. The van der Waals surface area contributed by atoms with E-state index in [1.54, 1.807) is 0 Å². The van der Waals surface area contributed by atoms with Crippen LogP contribution in [0.4, 0.5) is 8.78 Å². The number of hydrogen-bond donors (Lipinski definition) is 0. The summed E-state index contributed by atoms with van der Waals surface area (Å²) in [6.07, 6.45) is 2.53. The molecule has 25 heavy (non-hydrogen) atoms. The number of aromatic nitrogens is 3. The summed E-state index contributed by atoms with van der Waals surface area (Å²) in [7, 11) is 1.22. The van der Waals surface area contributed by atoms with Gasteiger partial charge in [0, 0.05) is 12.6 Å². The van der Waals surface area contributed by atoms with Crippen LogP contribution in [0.25, 0.3) is 5.65 Å². The van der Waals surface area contributed by atoms with Gasteiger partial charge in [0.15, 0.2) is 17.0 Å². The highest BCUT2D eigenvalue weighted by Crippen LogP contribution is 2.20. The number of methoxy groups -OCH3 is 1. The molecule has 2 heterocycles. The summed E-state index contributed by atoms with van der Waals surface area (Å²) in [5, 5.41) is 9.15. The van der Waals surface area contributed by atoms with Crippen molar-refractivity contribution in [2.45, 2.75) is 13.3 Å². The Morgan fingerprint density at radius 2 is 2.12 bits per heavy atom. The zero-order valence-corrected chi connectivity index (χ0v) is 13.4. The molecule has 0 amide bonds. The lowest BCUT2D eigenvalue weighted by atomic mass is 10.1. The van der Waals surface area contributed by atoms with Crippen LogP contribution < -0.4 is 0 Å². The Morgan fingerprint density at radius 3 is 2.80 bits per heavy atom. The highest BCUT2D eigenvalue weighted by atomic mass is 19.1. The first-order valence-electron chi connectivity index (χ1n) is 7.24. The maximum absolute atomic E-state index is 14.1. The third-order valence-electron chi connectivity index (χ3n) is 3.76. The second-order valence-electron chi connectivity index (χ2n) is 5.38. The zero-order valence-electron chi connectivity index (χ0n) is 13.4. The fourth-order valence-corrected chi connectivity index (χ4v) is 2.48. The monoisotopic (exact) mass is 342 g/mol. The van der Waals surface area contributed by atoms with Crippen LogP contribution in [0.2, 0.25) is 0 Å². The molecule has 8 heteroatoms. The van der Waals surface area contributed by atoms with Gasteiger partial charge in [0.2, 0.25) is 0 Å². The van der Waals surface area contributed by atoms with Crippen molar-refractivity contribution in [1.29, 1.82) is 5.26 Å². The highest BCUT2D eigenvalue weighted by Gasteiger charge is 2.18. The molecule has 2 aromatic heterocycles. The smallest absolute Gasteiger partial charge is 0.356 e. The number of carbonyl (C=O) groups is 1. The molecule has 0 fully saturated rings. The molecule has 3 rings (SSSR count). The van der Waals surface area contributed by atoms with Gasteiger partial charge in [-0.25, -0.2) is 23.5 Å². The van der Waals surface area contributed by atoms with Gasteiger partial charge in [-0.2, -0.15) is 5.26 Å². The van der Waals surface area contributed by atoms with Gasteiger partial charge in [0.1, 0.15) is 17.7 Å². The summed E-state index contributed by atoms with van der Waals surface area (Å²) in [4.78, 5) is 20.0. The molecule has 0 spiro atoms. The number of ether oxygens (including phenoxy) is 1. The second kappa shape index (κ2) is 6.28. The van der Waals surface area contributed by atoms with Crippen LogP contribution in [0.5, 0.6) is 0 Å². The predicted molar refractivity (Wildman–Crippen MR) is 82.9 cm³/mol. The lowest BCUT2D eigenvalue weighted by molar-refractivity contribution is 0.0593. The largest absolute Gasteiger partial charge is 0.464 e. The Balaban J connectivity index is 2.16. The Bertz CT molecular complexity index is 1040. The van der Waals surface area contributed by atoms with Crippen LogP contribution in [0.15, 0.2) is 24.5 Å². The van der Waals surface area contributed by atoms with E-state index in [9.17, 15) is 13.6 Å². The van der Waals surface area contributed by atoms with Crippen molar-refractivity contribution < 1.29 is 18.3 Å². The summed E-state index contributed by atoms with van der Waals surface area (Å²) >= 11 is 0. The molecular formula is C17H12F2N4O2. The third-order valence-corrected chi connectivity index (χ3v) is 3.76. The summed E-state index contributed by atoms with van der Waals surface area (Å²) < 4.78 is 33.9. The molecule has 0 aliphatic carbocycles. The average Bonchev–Trinajstić information content (AvgIpc) is 3.03. The molecule has 0 aliphatic heterocycles. The number of imidazole rings is 1. The maximum atomic E-state index is 14.1. The number of nitriles is 1. The summed E-state index contributed by atoms with van der Waals surface area (Å²) in [5.74, 6) is -1.76. The summed E-state index contributed by atoms with van der Waals surface area (Å²) in [6, 6.07) is 4.06. The molecule has 0 unspecified atom stereocenters. The molecule has 0 bridgehead atoms. The van der Waals surface area contributed by atoms with E-state index in [1.807, 2.05) is 6.07 Å². The van der Waals surface area contributed by atoms with E-state index in [4.69, 9.17) is 5.26 Å². The van der Waals surface area contributed by atoms with Gasteiger partial charge in [0.05, 0.1) is 19.0 Å².